The highest BCUT2D eigenvalue weighted by Gasteiger charge is 2.15. The van der Waals surface area contributed by atoms with Gasteiger partial charge < -0.3 is 15.5 Å². The molecule has 2 unspecified atom stereocenters. The fourth-order valence-electron chi connectivity index (χ4n) is 0.599. The van der Waals surface area contributed by atoms with Gasteiger partial charge in [-0.25, -0.2) is 0 Å². The normalized spacial score (nSPS) is 14.3. The fourth-order valence-corrected chi connectivity index (χ4v) is 0.599. The molecule has 0 aromatic heterocycles. The minimum absolute atomic E-state index is 0.336. The van der Waals surface area contributed by atoms with Crippen molar-refractivity contribution in [1.82, 2.24) is 10.6 Å². The van der Waals surface area contributed by atoms with E-state index in [0.717, 1.165) is 6.08 Å². The first-order valence-electron chi connectivity index (χ1n) is 3.75. The largest absolute Gasteiger partial charge is 0.374 e. The first kappa shape index (κ1) is 11.8. The Morgan fingerprint density at radius 2 is 2.00 bits per heavy atom. The van der Waals surface area contributed by atoms with E-state index in [1.807, 2.05) is 0 Å². The third-order valence-corrected chi connectivity index (χ3v) is 1.25. The van der Waals surface area contributed by atoms with Crippen LogP contribution in [0.5, 0.6) is 0 Å². The maximum absolute atomic E-state index is 10.7. The average Bonchev–Trinajstić information content (AvgIpc) is 2.13. The predicted molar refractivity (Wildman–Crippen MR) is 48.6 cm³/mol. The summed E-state index contributed by atoms with van der Waals surface area (Å²) in [4.78, 5) is 10.7. The van der Waals surface area contributed by atoms with E-state index < -0.39 is 18.4 Å². The molecule has 0 aromatic rings. The zero-order chi connectivity index (χ0) is 10.3. The lowest BCUT2D eigenvalue weighted by Crippen LogP contribution is -2.49. The summed E-state index contributed by atoms with van der Waals surface area (Å²) in [5, 5.41) is 22.8. The number of aliphatic hydroxyl groups is 2. The number of amides is 1. The first-order valence-corrected chi connectivity index (χ1v) is 3.75. The summed E-state index contributed by atoms with van der Waals surface area (Å²) in [6, 6.07) is 0. The summed E-state index contributed by atoms with van der Waals surface area (Å²) in [5.41, 5.74) is 0. The average molecular weight is 186 g/mol. The summed E-state index contributed by atoms with van der Waals surface area (Å²) in [6.07, 6.45) is -0.0540. The van der Waals surface area contributed by atoms with Crippen LogP contribution in [0.3, 0.4) is 0 Å². The van der Waals surface area contributed by atoms with Gasteiger partial charge in [0.05, 0.1) is 0 Å². The van der Waals surface area contributed by atoms with Crippen LogP contribution in [0, 0.1) is 0 Å². The molecule has 1 amide bonds. The van der Waals surface area contributed by atoms with E-state index in [0.29, 0.717) is 6.54 Å². The van der Waals surface area contributed by atoms with Gasteiger partial charge in [0, 0.05) is 6.54 Å². The molecule has 0 fully saturated rings. The van der Waals surface area contributed by atoms with Crippen molar-refractivity contribution in [1.29, 1.82) is 0 Å². The number of hydrogen-bond acceptors (Lipinski definition) is 4. The smallest absolute Gasteiger partial charge is 0.245 e. The van der Waals surface area contributed by atoms with Crippen LogP contribution >= 0.6 is 0 Å². The van der Waals surface area contributed by atoms with Crippen molar-refractivity contribution < 1.29 is 15.0 Å². The molecule has 0 aliphatic carbocycles. The van der Waals surface area contributed by atoms with Crippen molar-refractivity contribution in [2.75, 3.05) is 6.54 Å². The van der Waals surface area contributed by atoms with Gasteiger partial charge >= 0.3 is 0 Å². The fraction of sp³-hybridized carbons (Fsp3) is 0.375. The van der Waals surface area contributed by atoms with Crippen LogP contribution in [0.2, 0.25) is 0 Å². The van der Waals surface area contributed by atoms with Gasteiger partial charge in [0.2, 0.25) is 5.91 Å². The maximum Gasteiger partial charge on any atom is 0.245 e. The molecule has 0 spiro atoms. The molecule has 0 aliphatic heterocycles. The number of carbonyl (C=O) groups excluding carboxylic acids is 1. The van der Waals surface area contributed by atoms with Crippen molar-refractivity contribution in [2.24, 2.45) is 0 Å². The standard InChI is InChI=1S/C8H14N2O3/c1-3-5-9-7(12)8(13)10-6(11)4-2/h3-4,7-9,12-13H,1-2,5H2,(H,10,11). The van der Waals surface area contributed by atoms with Gasteiger partial charge in [-0.2, -0.15) is 0 Å². The van der Waals surface area contributed by atoms with Gasteiger partial charge in [0.15, 0.2) is 6.23 Å². The van der Waals surface area contributed by atoms with Crippen LogP contribution in [0.25, 0.3) is 0 Å². The third kappa shape index (κ3) is 5.13. The Kier molecular flexibility index (Phi) is 5.79. The van der Waals surface area contributed by atoms with Crippen LogP contribution in [0.4, 0.5) is 0 Å². The van der Waals surface area contributed by atoms with E-state index >= 15 is 0 Å². The zero-order valence-electron chi connectivity index (χ0n) is 7.23. The van der Waals surface area contributed by atoms with Crippen LogP contribution in [0.15, 0.2) is 25.3 Å². The highest BCUT2D eigenvalue weighted by atomic mass is 16.4. The van der Waals surface area contributed by atoms with E-state index in [9.17, 15) is 4.79 Å². The maximum atomic E-state index is 10.7. The van der Waals surface area contributed by atoms with E-state index in [2.05, 4.69) is 23.8 Å². The Morgan fingerprint density at radius 3 is 2.46 bits per heavy atom. The minimum Gasteiger partial charge on any atom is -0.374 e. The van der Waals surface area contributed by atoms with Crippen molar-refractivity contribution in [3.8, 4) is 0 Å². The second-order valence-corrected chi connectivity index (χ2v) is 2.30. The summed E-state index contributed by atoms with van der Waals surface area (Å²) in [7, 11) is 0. The lowest BCUT2D eigenvalue weighted by Gasteiger charge is -2.18. The number of rotatable bonds is 6. The molecule has 5 heteroatoms. The number of nitrogens with one attached hydrogen (secondary N) is 2. The van der Waals surface area contributed by atoms with E-state index in [1.165, 1.54) is 6.08 Å². The van der Waals surface area contributed by atoms with Crippen LogP contribution in [0.1, 0.15) is 0 Å². The van der Waals surface area contributed by atoms with Crippen LogP contribution < -0.4 is 10.6 Å². The first-order chi connectivity index (χ1) is 6.11. The Morgan fingerprint density at radius 1 is 1.38 bits per heavy atom. The molecular weight excluding hydrogens is 172 g/mol. The van der Waals surface area contributed by atoms with Gasteiger partial charge in [0.25, 0.3) is 0 Å². The lowest BCUT2D eigenvalue weighted by atomic mass is 10.4. The van der Waals surface area contributed by atoms with Crippen molar-refractivity contribution in [3.63, 3.8) is 0 Å². The highest BCUT2D eigenvalue weighted by molar-refractivity contribution is 5.86. The Hall–Kier alpha value is -1.17. The molecule has 0 bridgehead atoms. The second kappa shape index (κ2) is 6.36. The van der Waals surface area contributed by atoms with Crippen LogP contribution in [-0.2, 0) is 4.79 Å². The number of hydrogen-bond donors (Lipinski definition) is 4. The summed E-state index contributed by atoms with van der Waals surface area (Å²) < 4.78 is 0. The zero-order valence-corrected chi connectivity index (χ0v) is 7.23. The Labute approximate surface area is 76.8 Å². The van der Waals surface area contributed by atoms with Crippen LogP contribution in [-0.4, -0.2) is 35.1 Å². The molecule has 0 rings (SSSR count). The Bertz CT molecular complexity index is 194. The predicted octanol–water partition coefficient (Wildman–Crippen LogP) is -1.30. The van der Waals surface area contributed by atoms with Crippen molar-refractivity contribution >= 4 is 5.91 Å². The molecule has 0 aliphatic rings. The summed E-state index contributed by atoms with van der Waals surface area (Å²) in [5.74, 6) is -0.549. The monoisotopic (exact) mass is 186 g/mol. The minimum atomic E-state index is -1.36. The SMILES string of the molecule is C=CCNC(O)C(O)NC(=O)C=C. The van der Waals surface area contributed by atoms with E-state index in [-0.39, 0.29) is 0 Å². The third-order valence-electron chi connectivity index (χ3n) is 1.25. The molecule has 4 N–H and O–H groups in total. The number of aliphatic hydroxyl groups excluding tert-OH is 2. The molecule has 0 radical (unpaired) electrons. The van der Waals surface area contributed by atoms with Gasteiger partial charge in [0.1, 0.15) is 6.23 Å². The number of carbonyl (C=O) groups is 1. The molecule has 0 saturated carbocycles. The molecule has 0 saturated heterocycles. The quantitative estimate of drug-likeness (QED) is 0.236. The molecular formula is C8H14N2O3. The molecule has 74 valence electrons. The molecule has 5 nitrogen and oxygen atoms in total. The van der Waals surface area contributed by atoms with Crippen molar-refractivity contribution in [3.05, 3.63) is 25.3 Å². The van der Waals surface area contributed by atoms with E-state index in [1.54, 1.807) is 0 Å². The summed E-state index contributed by atoms with van der Waals surface area (Å²) >= 11 is 0. The molecule has 0 heterocycles. The highest BCUT2D eigenvalue weighted by Crippen LogP contribution is 1.85. The van der Waals surface area contributed by atoms with Gasteiger partial charge in [-0.3, -0.25) is 10.1 Å². The van der Waals surface area contributed by atoms with Crippen molar-refractivity contribution in [2.45, 2.75) is 12.5 Å². The summed E-state index contributed by atoms with van der Waals surface area (Å²) in [6.45, 7) is 6.94. The van der Waals surface area contributed by atoms with Gasteiger partial charge in [-0.05, 0) is 6.08 Å². The molecule has 0 aromatic carbocycles. The lowest BCUT2D eigenvalue weighted by molar-refractivity contribution is -0.122. The van der Waals surface area contributed by atoms with Gasteiger partial charge in [-0.15, -0.1) is 6.58 Å². The molecule has 13 heavy (non-hydrogen) atoms. The topological polar surface area (TPSA) is 81.6 Å². The second-order valence-electron chi connectivity index (χ2n) is 2.30. The van der Waals surface area contributed by atoms with Gasteiger partial charge in [-0.1, -0.05) is 12.7 Å². The van der Waals surface area contributed by atoms with E-state index in [4.69, 9.17) is 10.2 Å². The molecule has 2 atom stereocenters. The Balaban J connectivity index is 3.80.